The fourth-order valence-electron chi connectivity index (χ4n) is 3.44. The smallest absolute Gasteiger partial charge is 0.336 e. The number of rotatable bonds is 6. The van der Waals surface area contributed by atoms with Crippen LogP contribution in [0.1, 0.15) is 11.1 Å². The molecule has 4 aromatic rings. The van der Waals surface area contributed by atoms with Crippen LogP contribution in [0.25, 0.3) is 22.7 Å². The van der Waals surface area contributed by atoms with Gasteiger partial charge in [-0.05, 0) is 41.5 Å². The van der Waals surface area contributed by atoms with E-state index >= 15 is 0 Å². The van der Waals surface area contributed by atoms with Crippen LogP contribution in [0.2, 0.25) is 0 Å². The Kier molecular flexibility index (Phi) is 5.73. The van der Waals surface area contributed by atoms with Gasteiger partial charge in [0.15, 0.2) is 5.78 Å². The molecule has 0 spiro atoms. The predicted molar refractivity (Wildman–Crippen MR) is 120 cm³/mol. The van der Waals surface area contributed by atoms with Crippen LogP contribution >= 0.6 is 0 Å². The summed E-state index contributed by atoms with van der Waals surface area (Å²) in [7, 11) is 0. The van der Waals surface area contributed by atoms with E-state index < -0.39 is 12.3 Å². The van der Waals surface area contributed by atoms with E-state index in [4.69, 9.17) is 5.11 Å². The molecule has 6 heteroatoms. The molecule has 1 N–H and O–H groups in total. The Bertz CT molecular complexity index is 1380. The molecule has 4 rings (SSSR count). The second-order valence-electron chi connectivity index (χ2n) is 7.06. The van der Waals surface area contributed by atoms with Gasteiger partial charge in [0.1, 0.15) is 6.61 Å². The number of para-hydroxylation sites is 2. The standard InChI is InChI=1S/C25H20N2O4/c28-17-21(29)15-14-18-10-12-19(13-11-18)16-26-23-9-5-4-8-22(23)24(30)27(25(26)31)20-6-2-1-3-7-20/h1-15,28H,16-17H2/b15-14+. The highest BCUT2D eigenvalue weighted by molar-refractivity contribution is 5.94. The number of fused-ring (bicyclic) bond motifs is 1. The first kappa shape index (κ1) is 20.3. The summed E-state index contributed by atoms with van der Waals surface area (Å²) in [6, 6.07) is 23.3. The largest absolute Gasteiger partial charge is 0.388 e. The molecule has 0 aliphatic heterocycles. The van der Waals surface area contributed by atoms with Gasteiger partial charge in [-0.1, -0.05) is 60.7 Å². The zero-order valence-corrected chi connectivity index (χ0v) is 16.6. The van der Waals surface area contributed by atoms with Gasteiger partial charge in [-0.2, -0.15) is 0 Å². The van der Waals surface area contributed by atoms with Crippen LogP contribution in [0.4, 0.5) is 0 Å². The summed E-state index contributed by atoms with van der Waals surface area (Å²) in [4.78, 5) is 37.6. The predicted octanol–water partition coefficient (Wildman–Crippen LogP) is 2.78. The third-order valence-electron chi connectivity index (χ3n) is 5.00. The van der Waals surface area contributed by atoms with Crippen molar-refractivity contribution in [2.45, 2.75) is 6.54 Å². The summed E-state index contributed by atoms with van der Waals surface area (Å²) in [5.41, 5.74) is 2.01. The van der Waals surface area contributed by atoms with Crippen LogP contribution in [0, 0.1) is 0 Å². The number of hydrogen-bond donors (Lipinski definition) is 1. The summed E-state index contributed by atoms with van der Waals surface area (Å²) >= 11 is 0. The van der Waals surface area contributed by atoms with Crippen LogP contribution in [-0.2, 0) is 11.3 Å². The number of carbonyl (C=O) groups is 1. The Hall–Kier alpha value is -4.03. The lowest BCUT2D eigenvalue weighted by molar-refractivity contribution is -0.117. The van der Waals surface area contributed by atoms with E-state index in [-0.39, 0.29) is 17.9 Å². The van der Waals surface area contributed by atoms with E-state index in [1.54, 1.807) is 59.2 Å². The number of hydrogen-bond acceptors (Lipinski definition) is 4. The summed E-state index contributed by atoms with van der Waals surface area (Å²) < 4.78 is 2.78. The van der Waals surface area contributed by atoms with Gasteiger partial charge in [-0.25, -0.2) is 9.36 Å². The zero-order valence-electron chi connectivity index (χ0n) is 16.6. The minimum Gasteiger partial charge on any atom is -0.388 e. The third-order valence-corrected chi connectivity index (χ3v) is 5.00. The number of ketones is 1. The number of nitrogens with zero attached hydrogens (tertiary/aromatic N) is 2. The summed E-state index contributed by atoms with van der Waals surface area (Å²) in [5, 5.41) is 9.27. The Morgan fingerprint density at radius 3 is 2.26 bits per heavy atom. The maximum absolute atomic E-state index is 13.3. The lowest BCUT2D eigenvalue weighted by atomic mass is 10.1. The second kappa shape index (κ2) is 8.77. The molecule has 1 aromatic heterocycles. The summed E-state index contributed by atoms with van der Waals surface area (Å²) in [6.45, 7) is -0.242. The number of carbonyl (C=O) groups excluding carboxylic acids is 1. The maximum Gasteiger partial charge on any atom is 0.336 e. The van der Waals surface area contributed by atoms with E-state index in [9.17, 15) is 14.4 Å². The molecule has 31 heavy (non-hydrogen) atoms. The summed E-state index contributed by atoms with van der Waals surface area (Å²) in [6.07, 6.45) is 2.95. The number of aliphatic hydroxyl groups excluding tert-OH is 1. The Morgan fingerprint density at radius 1 is 0.871 bits per heavy atom. The summed E-state index contributed by atoms with van der Waals surface area (Å²) in [5.74, 6) is -0.370. The number of benzene rings is 3. The van der Waals surface area contributed by atoms with E-state index in [2.05, 4.69) is 0 Å². The SMILES string of the molecule is O=C(/C=C/c1ccc(Cn2c(=O)n(-c3ccccc3)c(=O)c3ccccc32)cc1)CO. The van der Waals surface area contributed by atoms with Gasteiger partial charge in [0, 0.05) is 0 Å². The van der Waals surface area contributed by atoms with Crippen molar-refractivity contribution < 1.29 is 9.90 Å². The first-order valence-electron chi connectivity index (χ1n) is 9.79. The Morgan fingerprint density at radius 2 is 1.55 bits per heavy atom. The van der Waals surface area contributed by atoms with Crippen molar-refractivity contribution in [1.82, 2.24) is 9.13 Å². The van der Waals surface area contributed by atoms with Gasteiger partial charge in [0.05, 0.1) is 23.1 Å². The van der Waals surface area contributed by atoms with Gasteiger partial charge in [-0.3, -0.25) is 14.2 Å². The van der Waals surface area contributed by atoms with E-state index in [0.717, 1.165) is 11.1 Å². The molecule has 6 nitrogen and oxygen atoms in total. The molecule has 0 saturated carbocycles. The van der Waals surface area contributed by atoms with Gasteiger partial charge in [0.25, 0.3) is 5.56 Å². The van der Waals surface area contributed by atoms with Crippen LogP contribution in [0.5, 0.6) is 0 Å². The van der Waals surface area contributed by atoms with Crippen molar-refractivity contribution in [2.24, 2.45) is 0 Å². The van der Waals surface area contributed by atoms with E-state index in [1.165, 1.54) is 10.6 Å². The van der Waals surface area contributed by atoms with Crippen LogP contribution in [0.15, 0.2) is 94.5 Å². The van der Waals surface area contributed by atoms with Crippen molar-refractivity contribution in [3.8, 4) is 5.69 Å². The Balaban J connectivity index is 1.79. The topological polar surface area (TPSA) is 81.3 Å². The molecule has 0 unspecified atom stereocenters. The monoisotopic (exact) mass is 412 g/mol. The van der Waals surface area contributed by atoms with Gasteiger partial charge in [0.2, 0.25) is 0 Å². The fourth-order valence-corrected chi connectivity index (χ4v) is 3.44. The van der Waals surface area contributed by atoms with Crippen molar-refractivity contribution in [3.63, 3.8) is 0 Å². The molecule has 1 heterocycles. The van der Waals surface area contributed by atoms with Crippen molar-refractivity contribution in [3.05, 3.63) is 117 Å². The molecule has 0 fully saturated rings. The normalized spacial score (nSPS) is 11.3. The van der Waals surface area contributed by atoms with Crippen LogP contribution < -0.4 is 11.2 Å². The molecule has 0 radical (unpaired) electrons. The highest BCUT2D eigenvalue weighted by Crippen LogP contribution is 2.13. The molecule has 0 saturated heterocycles. The quantitative estimate of drug-likeness (QED) is 0.494. The first-order chi connectivity index (χ1) is 15.1. The number of aliphatic hydroxyl groups is 1. The van der Waals surface area contributed by atoms with Gasteiger partial charge < -0.3 is 5.11 Å². The molecular weight excluding hydrogens is 392 g/mol. The molecule has 0 atom stereocenters. The average molecular weight is 412 g/mol. The lowest BCUT2D eigenvalue weighted by Gasteiger charge is -2.14. The molecule has 0 amide bonds. The van der Waals surface area contributed by atoms with Crippen LogP contribution in [-0.4, -0.2) is 26.6 Å². The van der Waals surface area contributed by atoms with Gasteiger partial charge >= 0.3 is 5.69 Å². The molecule has 0 aliphatic carbocycles. The minimum absolute atomic E-state index is 0.284. The first-order valence-corrected chi connectivity index (χ1v) is 9.79. The average Bonchev–Trinajstić information content (AvgIpc) is 2.82. The van der Waals surface area contributed by atoms with Crippen LogP contribution in [0.3, 0.4) is 0 Å². The lowest BCUT2D eigenvalue weighted by Crippen LogP contribution is -2.39. The maximum atomic E-state index is 13.3. The Labute approximate surface area is 178 Å². The van der Waals surface area contributed by atoms with E-state index in [0.29, 0.717) is 16.6 Å². The van der Waals surface area contributed by atoms with E-state index in [1.807, 2.05) is 30.3 Å². The van der Waals surface area contributed by atoms with Gasteiger partial charge in [-0.15, -0.1) is 0 Å². The molecule has 154 valence electrons. The zero-order chi connectivity index (χ0) is 21.8. The number of aromatic nitrogens is 2. The third kappa shape index (κ3) is 4.15. The highest BCUT2D eigenvalue weighted by Gasteiger charge is 2.14. The van der Waals surface area contributed by atoms with Crippen molar-refractivity contribution >= 4 is 22.8 Å². The van der Waals surface area contributed by atoms with Crippen molar-refractivity contribution in [2.75, 3.05) is 6.61 Å². The fraction of sp³-hybridized carbons (Fsp3) is 0.0800. The highest BCUT2D eigenvalue weighted by atomic mass is 16.3. The molecule has 0 bridgehead atoms. The molecule has 0 aliphatic rings. The molecule has 3 aromatic carbocycles. The van der Waals surface area contributed by atoms with Crippen molar-refractivity contribution in [1.29, 1.82) is 0 Å². The second-order valence-corrected chi connectivity index (χ2v) is 7.06. The minimum atomic E-state index is -0.526. The molecular formula is C25H20N2O4.